The topological polar surface area (TPSA) is 262 Å². The van der Waals surface area contributed by atoms with Gasteiger partial charge in [0.25, 0.3) is 30.4 Å². The Morgan fingerprint density at radius 3 is 2.17 bits per heavy atom. The number of aliphatic hydroxyl groups excluding tert-OH is 1. The number of nitrogens with one attached hydrogen (secondary N) is 1. The van der Waals surface area contributed by atoms with E-state index in [4.69, 9.17) is 0 Å². The van der Waals surface area contributed by atoms with Gasteiger partial charge in [0, 0.05) is 35.1 Å². The zero-order chi connectivity index (χ0) is 39.3. The van der Waals surface area contributed by atoms with Crippen molar-refractivity contribution < 1.29 is 48.4 Å². The number of halogens is 1. The molecule has 0 atom stereocenters. The minimum Gasteiger partial charge on any atom is -0.508 e. The lowest BCUT2D eigenvalue weighted by atomic mass is 10.0. The first kappa shape index (κ1) is 40.1. The number of azo groups is 1. The normalized spacial score (nSPS) is 12.9. The first-order valence-electron chi connectivity index (χ1n) is 14.7. The van der Waals surface area contributed by atoms with Crippen LogP contribution in [0.2, 0.25) is 0 Å². The molecular formula is C32H30FN7O10S3. The van der Waals surface area contributed by atoms with Crippen molar-refractivity contribution in [1.29, 1.82) is 0 Å². The molecule has 0 aliphatic heterocycles. The number of para-hydroxylation sites is 1. The quantitative estimate of drug-likeness (QED) is 0.0541. The first-order chi connectivity index (χ1) is 24.7. The highest BCUT2D eigenvalue weighted by atomic mass is 32.2. The van der Waals surface area contributed by atoms with Gasteiger partial charge in [0.2, 0.25) is 11.9 Å². The van der Waals surface area contributed by atoms with Crippen molar-refractivity contribution in [3.63, 3.8) is 0 Å². The van der Waals surface area contributed by atoms with Crippen LogP contribution >= 0.6 is 0 Å². The van der Waals surface area contributed by atoms with E-state index in [0.717, 1.165) is 30.4 Å². The molecule has 0 radical (unpaired) electrons. The molecule has 0 aliphatic rings. The maximum atomic E-state index is 14.5. The summed E-state index contributed by atoms with van der Waals surface area (Å²) in [7, 11) is -13.5. The largest absolute Gasteiger partial charge is 0.508 e. The molecule has 1 heterocycles. The highest BCUT2D eigenvalue weighted by molar-refractivity contribution is 7.95. The zero-order valence-electron chi connectivity index (χ0n) is 27.7. The Morgan fingerprint density at radius 2 is 1.60 bits per heavy atom. The average Bonchev–Trinajstić information content (AvgIpc) is 3.06. The molecule has 3 aromatic carbocycles. The molecule has 1 aromatic heterocycles. The van der Waals surface area contributed by atoms with E-state index < -0.39 is 74.7 Å². The van der Waals surface area contributed by atoms with Crippen LogP contribution in [-0.2, 0) is 30.4 Å². The smallest absolute Gasteiger partial charge is 0.315 e. The van der Waals surface area contributed by atoms with Crippen LogP contribution in [0, 0.1) is 6.08 Å². The molecular weight excluding hydrogens is 758 g/mol. The number of benzene rings is 3. The van der Waals surface area contributed by atoms with Crippen molar-refractivity contribution in [2.24, 2.45) is 10.2 Å². The van der Waals surface area contributed by atoms with E-state index in [1.807, 2.05) is 0 Å². The summed E-state index contributed by atoms with van der Waals surface area (Å²) in [6.45, 7) is 7.20. The van der Waals surface area contributed by atoms with Crippen molar-refractivity contribution in [1.82, 2.24) is 15.0 Å². The fourth-order valence-corrected chi connectivity index (χ4v) is 6.91. The molecule has 0 unspecified atom stereocenters. The number of hydrogen-bond donors (Lipinski definition) is 5. The summed E-state index contributed by atoms with van der Waals surface area (Å²) in [5.41, 5.74) is -0.724. The van der Waals surface area contributed by atoms with E-state index in [1.165, 1.54) is 30.0 Å². The Bertz CT molecular complexity index is 2530. The number of aromatic nitrogens is 3. The average molecular weight is 788 g/mol. The van der Waals surface area contributed by atoms with Gasteiger partial charge >= 0.3 is 6.08 Å². The Labute approximate surface area is 303 Å². The number of anilines is 4. The highest BCUT2D eigenvalue weighted by Crippen LogP contribution is 2.36. The van der Waals surface area contributed by atoms with Crippen LogP contribution < -0.4 is 10.2 Å². The third-order valence-corrected chi connectivity index (χ3v) is 10.0. The molecule has 278 valence electrons. The van der Waals surface area contributed by atoms with Crippen molar-refractivity contribution in [2.75, 3.05) is 23.8 Å². The van der Waals surface area contributed by atoms with E-state index >= 15 is 0 Å². The summed E-state index contributed by atoms with van der Waals surface area (Å²) in [6, 6.07) is 14.8. The molecule has 0 spiro atoms. The van der Waals surface area contributed by atoms with E-state index in [1.54, 1.807) is 37.4 Å². The molecule has 0 bridgehead atoms. The number of aliphatic hydroxyl groups is 1. The second-order valence-electron chi connectivity index (χ2n) is 10.7. The highest BCUT2D eigenvalue weighted by Gasteiger charge is 2.27. The van der Waals surface area contributed by atoms with Gasteiger partial charge in [-0.15, -0.1) is 0 Å². The van der Waals surface area contributed by atoms with Gasteiger partial charge in [-0.05, 0) is 55.0 Å². The number of hydrogen-bond acceptors (Lipinski definition) is 14. The minimum absolute atomic E-state index is 0.0153. The SMILES string of the molecule is C=Cc1c(/C(=C\C)S(=O)(=O)O)ccc(N=NC/C(=C\c2cc(Nc3nc(F)nc(N(C)c4ccccc4)n3)ccc2C(=C)O)S(=O)(=O)O)c1S(=O)(=O)O. The van der Waals surface area contributed by atoms with Crippen LogP contribution in [0.1, 0.15) is 29.2 Å². The zero-order valence-corrected chi connectivity index (χ0v) is 30.1. The predicted molar refractivity (Wildman–Crippen MR) is 196 cm³/mol. The molecule has 0 saturated heterocycles. The Hall–Kier alpha value is -5.71. The van der Waals surface area contributed by atoms with E-state index in [0.29, 0.717) is 5.69 Å². The molecule has 17 nitrogen and oxygen atoms in total. The van der Waals surface area contributed by atoms with Crippen molar-refractivity contribution in [2.45, 2.75) is 11.8 Å². The van der Waals surface area contributed by atoms with Gasteiger partial charge in [0.1, 0.15) is 16.3 Å². The second kappa shape index (κ2) is 15.9. The van der Waals surface area contributed by atoms with Crippen molar-refractivity contribution in [3.8, 4) is 0 Å². The van der Waals surface area contributed by atoms with Gasteiger partial charge in [-0.25, -0.2) is 0 Å². The van der Waals surface area contributed by atoms with Gasteiger partial charge in [-0.3, -0.25) is 13.7 Å². The Balaban J connectivity index is 1.75. The summed E-state index contributed by atoms with van der Waals surface area (Å²) in [5, 5.41) is 20.4. The molecule has 0 amide bonds. The third kappa shape index (κ3) is 9.79. The van der Waals surface area contributed by atoms with Crippen LogP contribution in [0.15, 0.2) is 99.9 Å². The molecule has 0 aliphatic carbocycles. The molecule has 0 saturated carbocycles. The fraction of sp³-hybridized carbons (Fsp3) is 0.0938. The van der Waals surface area contributed by atoms with E-state index in [2.05, 4.69) is 43.7 Å². The summed E-state index contributed by atoms with van der Waals surface area (Å²) in [4.78, 5) is 10.6. The third-order valence-electron chi connectivity index (χ3n) is 7.15. The predicted octanol–water partition coefficient (Wildman–Crippen LogP) is 6.20. The first-order valence-corrected chi connectivity index (χ1v) is 19.0. The fourth-order valence-electron chi connectivity index (χ4n) is 4.82. The molecule has 0 fully saturated rings. The lowest BCUT2D eigenvalue weighted by Gasteiger charge is -2.17. The lowest BCUT2D eigenvalue weighted by molar-refractivity contribution is 0.482. The van der Waals surface area contributed by atoms with Crippen LogP contribution in [0.5, 0.6) is 0 Å². The van der Waals surface area contributed by atoms with Gasteiger partial charge in [-0.2, -0.15) is 54.8 Å². The second-order valence-corrected chi connectivity index (χ2v) is 14.9. The van der Waals surface area contributed by atoms with Crippen LogP contribution in [-0.4, -0.2) is 72.6 Å². The van der Waals surface area contributed by atoms with Gasteiger partial charge < -0.3 is 15.3 Å². The summed E-state index contributed by atoms with van der Waals surface area (Å²) in [6.07, 6.45) is 1.63. The van der Waals surface area contributed by atoms with E-state index in [-0.39, 0.29) is 34.3 Å². The van der Waals surface area contributed by atoms with Crippen LogP contribution in [0.25, 0.3) is 22.8 Å². The number of nitrogens with zero attached hydrogens (tertiary/aromatic N) is 6. The molecule has 4 rings (SSSR count). The molecule has 53 heavy (non-hydrogen) atoms. The standard InChI is InChI=1S/C32H30FN7O10S3/c1-5-24-26(28(6-2)52(45,46)47)14-15-27(29(24)53(48,49)50)39-34-18-23(51(42,43)44)17-20-16-21(12-13-25(20)19(3)41)35-31-36-30(33)37-32(38-31)40(4)22-10-8-7-9-11-22/h5-17,41H,1,3,18H2,2,4H3,(H,42,43,44)(H,45,46,47)(H,48,49,50)(H,35,36,37,38)/b23-17+,28-6+,39-34?. The lowest BCUT2D eigenvalue weighted by Crippen LogP contribution is -2.15. The summed E-state index contributed by atoms with van der Waals surface area (Å²) in [5.74, 6) is -0.821. The van der Waals surface area contributed by atoms with Crippen molar-refractivity contribution in [3.05, 3.63) is 113 Å². The monoisotopic (exact) mass is 787 g/mol. The van der Waals surface area contributed by atoms with Crippen LogP contribution in [0.3, 0.4) is 0 Å². The molecule has 21 heteroatoms. The number of rotatable bonds is 14. The van der Waals surface area contributed by atoms with Gasteiger partial charge in [-0.1, -0.05) is 49.6 Å². The summed E-state index contributed by atoms with van der Waals surface area (Å²) < 4.78 is 118. The minimum atomic E-state index is -5.18. The maximum Gasteiger partial charge on any atom is 0.315 e. The van der Waals surface area contributed by atoms with Crippen molar-refractivity contribution >= 4 is 82.1 Å². The Morgan fingerprint density at radius 1 is 0.943 bits per heavy atom. The van der Waals surface area contributed by atoms with Gasteiger partial charge in [0.05, 0.1) is 16.4 Å². The van der Waals surface area contributed by atoms with E-state index in [9.17, 15) is 48.4 Å². The van der Waals surface area contributed by atoms with Gasteiger partial charge in [0.15, 0.2) is 0 Å². The Kier molecular flexibility index (Phi) is 12.0. The molecule has 4 aromatic rings. The maximum absolute atomic E-state index is 14.5. The molecule has 5 N–H and O–H groups in total. The van der Waals surface area contributed by atoms with Crippen LogP contribution in [0.4, 0.5) is 33.3 Å². The summed E-state index contributed by atoms with van der Waals surface area (Å²) >= 11 is 0. The number of allylic oxidation sites excluding steroid dienone is 1.